The van der Waals surface area contributed by atoms with E-state index in [1.54, 1.807) is 12.1 Å². The Morgan fingerprint density at radius 3 is 2.12 bits per heavy atom. The molecule has 1 aliphatic rings. The van der Waals surface area contributed by atoms with E-state index in [2.05, 4.69) is 4.72 Å². The molecule has 0 amide bonds. The summed E-state index contributed by atoms with van der Waals surface area (Å²) in [5.74, 6) is 0.122. The van der Waals surface area contributed by atoms with Crippen LogP contribution in [0, 0.1) is 0 Å². The van der Waals surface area contributed by atoms with Gasteiger partial charge in [-0.1, -0.05) is 23.2 Å². The first-order valence-corrected chi connectivity index (χ1v) is 11.1. The van der Waals surface area contributed by atoms with Gasteiger partial charge in [0.05, 0.1) is 16.3 Å². The van der Waals surface area contributed by atoms with Gasteiger partial charge in [0.2, 0.25) is 10.0 Å². The molecular formula is C15H14Cl2N2O4S2. The number of sulfonamides is 2. The van der Waals surface area contributed by atoms with Crippen LogP contribution in [0.3, 0.4) is 0 Å². The Bertz CT molecular complexity index is 986. The van der Waals surface area contributed by atoms with Gasteiger partial charge in [0.25, 0.3) is 10.0 Å². The zero-order valence-corrected chi connectivity index (χ0v) is 16.0. The highest BCUT2D eigenvalue weighted by Crippen LogP contribution is 2.27. The molecule has 1 N–H and O–H groups in total. The molecule has 0 radical (unpaired) electrons. The minimum absolute atomic E-state index is 0.0591. The number of anilines is 2. The van der Waals surface area contributed by atoms with Crippen molar-refractivity contribution in [1.82, 2.24) is 0 Å². The molecule has 134 valence electrons. The molecule has 2 aromatic carbocycles. The quantitative estimate of drug-likeness (QED) is 0.821. The monoisotopic (exact) mass is 420 g/mol. The van der Waals surface area contributed by atoms with Gasteiger partial charge in [0.1, 0.15) is 0 Å². The molecule has 0 spiro atoms. The number of rotatable bonds is 4. The fourth-order valence-electron chi connectivity index (χ4n) is 2.52. The molecule has 0 aromatic heterocycles. The third-order valence-corrected chi connectivity index (χ3v) is 7.32. The van der Waals surface area contributed by atoms with Gasteiger partial charge in [-0.25, -0.2) is 16.8 Å². The average Bonchev–Trinajstić information content (AvgIpc) is 2.86. The van der Waals surface area contributed by atoms with Crippen molar-refractivity contribution in [2.45, 2.75) is 11.3 Å². The second kappa shape index (κ2) is 6.68. The molecule has 2 aromatic rings. The van der Waals surface area contributed by atoms with Crippen molar-refractivity contribution < 1.29 is 16.8 Å². The molecular weight excluding hydrogens is 407 g/mol. The fraction of sp³-hybridized carbons (Fsp3) is 0.200. The molecule has 1 saturated heterocycles. The van der Waals surface area contributed by atoms with Gasteiger partial charge < -0.3 is 0 Å². The van der Waals surface area contributed by atoms with Crippen LogP contribution in [0.4, 0.5) is 11.4 Å². The molecule has 1 fully saturated rings. The van der Waals surface area contributed by atoms with Crippen LogP contribution in [0.1, 0.15) is 6.42 Å². The molecule has 0 aliphatic carbocycles. The van der Waals surface area contributed by atoms with Crippen molar-refractivity contribution in [3.63, 3.8) is 0 Å². The molecule has 6 nitrogen and oxygen atoms in total. The topological polar surface area (TPSA) is 83.6 Å². The fourth-order valence-corrected chi connectivity index (χ4v) is 5.87. The SMILES string of the molecule is O=S(=O)(Nc1ccc(N2CCCS2(=O)=O)cc1)c1cc(Cl)cc(Cl)c1. The lowest BCUT2D eigenvalue weighted by Crippen LogP contribution is -2.25. The first-order valence-electron chi connectivity index (χ1n) is 7.27. The summed E-state index contributed by atoms with van der Waals surface area (Å²) in [6.07, 6.45) is 0.576. The van der Waals surface area contributed by atoms with E-state index in [9.17, 15) is 16.8 Å². The molecule has 10 heteroatoms. The highest BCUT2D eigenvalue weighted by Gasteiger charge is 2.28. The van der Waals surface area contributed by atoms with Gasteiger partial charge in [-0.15, -0.1) is 0 Å². The summed E-state index contributed by atoms with van der Waals surface area (Å²) in [5, 5.41) is 0.421. The summed E-state index contributed by atoms with van der Waals surface area (Å²) < 4.78 is 52.4. The van der Waals surface area contributed by atoms with E-state index < -0.39 is 20.0 Å². The minimum atomic E-state index is -3.86. The van der Waals surface area contributed by atoms with Gasteiger partial charge in [-0.2, -0.15) is 0 Å². The summed E-state index contributed by atoms with van der Waals surface area (Å²) in [5.41, 5.74) is 0.808. The molecule has 0 saturated carbocycles. The normalized spacial score (nSPS) is 16.8. The highest BCUT2D eigenvalue weighted by molar-refractivity contribution is 7.93. The number of nitrogens with one attached hydrogen (secondary N) is 1. The van der Waals surface area contributed by atoms with E-state index in [-0.39, 0.29) is 20.7 Å². The van der Waals surface area contributed by atoms with Crippen LogP contribution in [-0.2, 0) is 20.0 Å². The first kappa shape index (κ1) is 18.3. The van der Waals surface area contributed by atoms with E-state index in [0.29, 0.717) is 24.3 Å². The predicted molar refractivity (Wildman–Crippen MR) is 99.5 cm³/mol. The Labute approximate surface area is 156 Å². The maximum atomic E-state index is 12.4. The molecule has 25 heavy (non-hydrogen) atoms. The van der Waals surface area contributed by atoms with Crippen molar-refractivity contribution in [1.29, 1.82) is 0 Å². The van der Waals surface area contributed by atoms with E-state index in [1.165, 1.54) is 34.6 Å². The largest absolute Gasteiger partial charge is 0.280 e. The number of nitrogens with zero attached hydrogens (tertiary/aromatic N) is 1. The molecule has 3 rings (SSSR count). The molecule has 1 heterocycles. The number of halogens is 2. The van der Waals surface area contributed by atoms with E-state index in [1.807, 2.05) is 0 Å². The molecule has 1 aliphatic heterocycles. The zero-order chi connectivity index (χ0) is 18.2. The zero-order valence-electron chi connectivity index (χ0n) is 12.8. The van der Waals surface area contributed by atoms with Crippen molar-refractivity contribution in [2.75, 3.05) is 21.3 Å². The van der Waals surface area contributed by atoms with Crippen LogP contribution >= 0.6 is 23.2 Å². The maximum Gasteiger partial charge on any atom is 0.261 e. The Balaban J connectivity index is 1.83. The second-order valence-corrected chi connectivity index (χ2v) is 10.1. The third kappa shape index (κ3) is 4.03. The smallest absolute Gasteiger partial charge is 0.261 e. The van der Waals surface area contributed by atoms with Crippen LogP contribution in [-0.4, -0.2) is 29.1 Å². The van der Waals surface area contributed by atoms with Crippen molar-refractivity contribution >= 4 is 54.6 Å². The lowest BCUT2D eigenvalue weighted by molar-refractivity contribution is 0.598. The summed E-state index contributed by atoms with van der Waals surface area (Å²) in [7, 11) is -7.14. The summed E-state index contributed by atoms with van der Waals surface area (Å²) in [6.45, 7) is 0.425. The Morgan fingerprint density at radius 2 is 1.60 bits per heavy atom. The predicted octanol–water partition coefficient (Wildman–Crippen LogP) is 3.33. The van der Waals surface area contributed by atoms with Gasteiger partial charge in [0.15, 0.2) is 0 Å². The van der Waals surface area contributed by atoms with E-state index >= 15 is 0 Å². The second-order valence-electron chi connectivity index (χ2n) is 5.50. The van der Waals surface area contributed by atoms with Gasteiger partial charge in [-0.3, -0.25) is 9.03 Å². The van der Waals surface area contributed by atoms with Crippen LogP contribution in [0.15, 0.2) is 47.4 Å². The maximum absolute atomic E-state index is 12.4. The lowest BCUT2D eigenvalue weighted by Gasteiger charge is -2.17. The van der Waals surface area contributed by atoms with Crippen LogP contribution < -0.4 is 9.03 Å². The third-order valence-electron chi connectivity index (χ3n) is 3.65. The summed E-state index contributed by atoms with van der Waals surface area (Å²) in [4.78, 5) is -0.0591. The van der Waals surface area contributed by atoms with Crippen molar-refractivity contribution in [2.24, 2.45) is 0 Å². The first-order chi connectivity index (χ1) is 11.7. The van der Waals surface area contributed by atoms with Crippen molar-refractivity contribution in [3.8, 4) is 0 Å². The Morgan fingerprint density at radius 1 is 1.00 bits per heavy atom. The van der Waals surface area contributed by atoms with Gasteiger partial charge >= 0.3 is 0 Å². The van der Waals surface area contributed by atoms with E-state index in [0.717, 1.165) is 0 Å². The Hall–Kier alpha value is -1.48. The van der Waals surface area contributed by atoms with Crippen molar-refractivity contribution in [3.05, 3.63) is 52.5 Å². The van der Waals surface area contributed by atoms with Gasteiger partial charge in [0, 0.05) is 22.3 Å². The summed E-state index contributed by atoms with van der Waals surface area (Å²) >= 11 is 11.7. The lowest BCUT2D eigenvalue weighted by atomic mass is 10.3. The highest BCUT2D eigenvalue weighted by atomic mass is 35.5. The average molecular weight is 421 g/mol. The minimum Gasteiger partial charge on any atom is -0.280 e. The number of hydrogen-bond acceptors (Lipinski definition) is 4. The molecule has 0 atom stereocenters. The molecule has 0 bridgehead atoms. The molecule has 0 unspecified atom stereocenters. The van der Waals surface area contributed by atoms with Crippen LogP contribution in [0.2, 0.25) is 10.0 Å². The van der Waals surface area contributed by atoms with Gasteiger partial charge in [-0.05, 0) is 48.9 Å². The van der Waals surface area contributed by atoms with Crippen LogP contribution in [0.5, 0.6) is 0 Å². The number of benzene rings is 2. The Kier molecular flexibility index (Phi) is 4.89. The van der Waals surface area contributed by atoms with E-state index in [4.69, 9.17) is 23.2 Å². The van der Waals surface area contributed by atoms with Crippen LogP contribution in [0.25, 0.3) is 0 Å². The standard InChI is InChI=1S/C15H14Cl2N2O4S2/c16-11-8-12(17)10-15(9-11)25(22,23)18-13-2-4-14(5-3-13)19-6-1-7-24(19,20)21/h2-5,8-10,18H,1,6-7H2. The number of hydrogen-bond donors (Lipinski definition) is 1. The summed E-state index contributed by atoms with van der Waals surface area (Å²) in [6, 6.07) is 10.2.